The van der Waals surface area contributed by atoms with E-state index in [9.17, 15) is 0 Å². The average Bonchev–Trinajstić information content (AvgIpc) is 1.96. The van der Waals surface area contributed by atoms with Crippen molar-refractivity contribution >= 4 is 9.24 Å². The average molecular weight is 174 g/mol. The molecule has 0 amide bonds. The molecule has 0 aliphatic carbocycles. The predicted molar refractivity (Wildman–Crippen MR) is 57.2 cm³/mol. The third-order valence-electron chi connectivity index (χ3n) is 2.01. The van der Waals surface area contributed by atoms with Crippen LogP contribution in [0.15, 0.2) is 0 Å². The molecule has 0 saturated carbocycles. The number of hydrogen-bond acceptors (Lipinski definition) is 0. The van der Waals surface area contributed by atoms with Gasteiger partial charge in [0.05, 0.1) is 0 Å². The van der Waals surface area contributed by atoms with Crippen LogP contribution in [0.2, 0.25) is 0 Å². The zero-order valence-corrected chi connectivity index (χ0v) is 9.26. The van der Waals surface area contributed by atoms with Crippen molar-refractivity contribution in [1.29, 1.82) is 0 Å². The Labute approximate surface area is 74.4 Å². The van der Waals surface area contributed by atoms with Crippen LogP contribution in [0.4, 0.5) is 0 Å². The van der Waals surface area contributed by atoms with Crippen molar-refractivity contribution in [1.82, 2.24) is 0 Å². The molecule has 1 heteroatoms. The van der Waals surface area contributed by atoms with E-state index >= 15 is 0 Å². The molecule has 0 saturated heterocycles. The van der Waals surface area contributed by atoms with Crippen molar-refractivity contribution in [3.63, 3.8) is 0 Å². The first-order valence-electron chi connectivity index (χ1n) is 5.03. The van der Waals surface area contributed by atoms with Crippen LogP contribution in [-0.2, 0) is 0 Å². The van der Waals surface area contributed by atoms with Crippen LogP contribution in [0.25, 0.3) is 0 Å². The fourth-order valence-electron chi connectivity index (χ4n) is 1.25. The lowest BCUT2D eigenvalue weighted by Gasteiger charge is -2.03. The second-order valence-corrected chi connectivity index (χ2v) is 4.67. The summed E-state index contributed by atoms with van der Waals surface area (Å²) in [6.07, 6.45) is 9.94. The molecule has 0 radical (unpaired) electrons. The van der Waals surface area contributed by atoms with Crippen molar-refractivity contribution in [3.8, 4) is 0 Å². The highest BCUT2D eigenvalue weighted by Crippen LogP contribution is 2.12. The minimum absolute atomic E-state index is 0.821. The van der Waals surface area contributed by atoms with Crippen molar-refractivity contribution in [2.24, 2.45) is 0 Å². The van der Waals surface area contributed by atoms with Gasteiger partial charge in [0.15, 0.2) is 0 Å². The fourth-order valence-corrected chi connectivity index (χ4v) is 1.48. The summed E-state index contributed by atoms with van der Waals surface area (Å²) in [4.78, 5) is 0. The normalized spacial score (nSPS) is 13.4. The first-order chi connectivity index (χ1) is 5.27. The SMILES string of the molecule is CCCCCCCCC(C)P. The maximum absolute atomic E-state index is 2.87. The molecule has 2 unspecified atom stereocenters. The Kier molecular flexibility index (Phi) is 8.86. The summed E-state index contributed by atoms with van der Waals surface area (Å²) < 4.78 is 0. The van der Waals surface area contributed by atoms with Crippen LogP contribution in [-0.4, -0.2) is 5.66 Å². The highest BCUT2D eigenvalue weighted by molar-refractivity contribution is 7.17. The Bertz CT molecular complexity index is 69.3. The summed E-state index contributed by atoms with van der Waals surface area (Å²) in [5.74, 6) is 0. The van der Waals surface area contributed by atoms with E-state index in [0.29, 0.717) is 0 Å². The van der Waals surface area contributed by atoms with Crippen LogP contribution < -0.4 is 0 Å². The summed E-state index contributed by atoms with van der Waals surface area (Å²) in [7, 11) is 2.87. The van der Waals surface area contributed by atoms with Gasteiger partial charge in [0, 0.05) is 0 Å². The molecule has 0 aliphatic heterocycles. The van der Waals surface area contributed by atoms with Gasteiger partial charge in [-0.3, -0.25) is 0 Å². The van der Waals surface area contributed by atoms with Gasteiger partial charge < -0.3 is 0 Å². The quantitative estimate of drug-likeness (QED) is 0.404. The predicted octanol–water partition coefficient (Wildman–Crippen LogP) is 4.00. The van der Waals surface area contributed by atoms with Crippen LogP contribution in [0, 0.1) is 0 Å². The summed E-state index contributed by atoms with van der Waals surface area (Å²) in [5, 5.41) is 0. The molecule has 2 atom stereocenters. The molecule has 0 heterocycles. The van der Waals surface area contributed by atoms with Crippen molar-refractivity contribution in [2.75, 3.05) is 0 Å². The van der Waals surface area contributed by atoms with Gasteiger partial charge in [-0.2, -0.15) is 0 Å². The van der Waals surface area contributed by atoms with Gasteiger partial charge in [-0.25, -0.2) is 0 Å². The fraction of sp³-hybridized carbons (Fsp3) is 1.00. The van der Waals surface area contributed by atoms with E-state index in [1.54, 1.807) is 0 Å². The first kappa shape index (κ1) is 11.4. The lowest BCUT2D eigenvalue weighted by atomic mass is 10.1. The van der Waals surface area contributed by atoms with E-state index in [4.69, 9.17) is 0 Å². The van der Waals surface area contributed by atoms with Crippen molar-refractivity contribution in [3.05, 3.63) is 0 Å². The van der Waals surface area contributed by atoms with Gasteiger partial charge >= 0.3 is 0 Å². The summed E-state index contributed by atoms with van der Waals surface area (Å²) in [5.41, 5.74) is 0.821. The molecule has 11 heavy (non-hydrogen) atoms. The van der Waals surface area contributed by atoms with Gasteiger partial charge in [0.2, 0.25) is 0 Å². The smallest absolute Gasteiger partial charge is 0.0293 e. The van der Waals surface area contributed by atoms with Crippen LogP contribution in [0.5, 0.6) is 0 Å². The first-order valence-corrected chi connectivity index (χ1v) is 5.69. The van der Waals surface area contributed by atoms with Crippen LogP contribution in [0.3, 0.4) is 0 Å². The lowest BCUT2D eigenvalue weighted by molar-refractivity contribution is 0.588. The van der Waals surface area contributed by atoms with E-state index in [1.807, 2.05) is 0 Å². The van der Waals surface area contributed by atoms with E-state index in [0.717, 1.165) is 5.66 Å². The minimum atomic E-state index is 0.821. The molecular formula is C10H23P. The number of unbranched alkanes of at least 4 members (excludes halogenated alkanes) is 5. The second-order valence-electron chi connectivity index (χ2n) is 3.53. The molecule has 0 aliphatic rings. The second kappa shape index (κ2) is 8.53. The largest absolute Gasteiger partial charge is 0.135 e. The van der Waals surface area contributed by atoms with Gasteiger partial charge in [-0.1, -0.05) is 52.4 Å². The minimum Gasteiger partial charge on any atom is -0.135 e. The van der Waals surface area contributed by atoms with Gasteiger partial charge in [0.1, 0.15) is 0 Å². The molecule has 0 rings (SSSR count). The zero-order valence-electron chi connectivity index (χ0n) is 8.10. The van der Waals surface area contributed by atoms with E-state index in [2.05, 4.69) is 23.1 Å². The highest BCUT2D eigenvalue weighted by Gasteiger charge is 1.93. The van der Waals surface area contributed by atoms with Gasteiger partial charge in [0.25, 0.3) is 0 Å². The summed E-state index contributed by atoms with van der Waals surface area (Å²) in [6.45, 7) is 4.54. The molecule has 0 spiro atoms. The molecule has 68 valence electrons. The summed E-state index contributed by atoms with van der Waals surface area (Å²) >= 11 is 0. The van der Waals surface area contributed by atoms with E-state index < -0.39 is 0 Å². The molecule has 0 bridgehead atoms. The zero-order chi connectivity index (χ0) is 8.53. The monoisotopic (exact) mass is 174 g/mol. The topological polar surface area (TPSA) is 0 Å². The molecule has 0 fully saturated rings. The number of hydrogen-bond donors (Lipinski definition) is 0. The standard InChI is InChI=1S/C10H23P/c1-3-4-5-6-7-8-9-10(2)11/h10H,3-9,11H2,1-2H3. The van der Waals surface area contributed by atoms with Crippen molar-refractivity contribution < 1.29 is 0 Å². The summed E-state index contributed by atoms with van der Waals surface area (Å²) in [6, 6.07) is 0. The Morgan fingerprint density at radius 1 is 1.00 bits per heavy atom. The highest BCUT2D eigenvalue weighted by atomic mass is 31.0. The Balaban J connectivity index is 2.80. The molecule has 0 N–H and O–H groups in total. The van der Waals surface area contributed by atoms with Crippen LogP contribution >= 0.6 is 9.24 Å². The maximum atomic E-state index is 2.87. The lowest BCUT2D eigenvalue weighted by Crippen LogP contribution is -1.89. The molecule has 0 aromatic carbocycles. The van der Waals surface area contributed by atoms with Crippen molar-refractivity contribution in [2.45, 2.75) is 64.5 Å². The molecule has 0 aromatic heterocycles. The van der Waals surface area contributed by atoms with E-state index in [1.165, 1.54) is 44.9 Å². The molecule has 0 aromatic rings. The van der Waals surface area contributed by atoms with Gasteiger partial charge in [-0.15, -0.1) is 9.24 Å². The van der Waals surface area contributed by atoms with Gasteiger partial charge in [-0.05, 0) is 12.1 Å². The Hall–Kier alpha value is 0.430. The third-order valence-corrected chi connectivity index (χ3v) is 2.35. The Morgan fingerprint density at radius 3 is 2.09 bits per heavy atom. The number of rotatable bonds is 7. The maximum Gasteiger partial charge on any atom is -0.0293 e. The van der Waals surface area contributed by atoms with Crippen LogP contribution in [0.1, 0.15) is 58.8 Å². The molecular weight excluding hydrogens is 151 g/mol. The third kappa shape index (κ3) is 10.4. The molecule has 0 nitrogen and oxygen atoms in total. The van der Waals surface area contributed by atoms with E-state index in [-0.39, 0.29) is 0 Å². The Morgan fingerprint density at radius 2 is 1.55 bits per heavy atom.